The van der Waals surface area contributed by atoms with Crippen LogP contribution in [-0.2, 0) is 6.42 Å². The second kappa shape index (κ2) is 5.79. The van der Waals surface area contributed by atoms with E-state index in [1.807, 2.05) is 24.3 Å². The van der Waals surface area contributed by atoms with Crippen molar-refractivity contribution in [3.63, 3.8) is 0 Å². The molecule has 5 heteroatoms. The van der Waals surface area contributed by atoms with Crippen LogP contribution >= 0.6 is 55.1 Å². The minimum atomic E-state index is 0.174. The molecule has 0 aliphatic rings. The van der Waals surface area contributed by atoms with Crippen molar-refractivity contribution in [2.24, 2.45) is 0 Å². The molecule has 2 rings (SSSR count). The van der Waals surface area contributed by atoms with Gasteiger partial charge in [0.25, 0.3) is 0 Å². The third-order valence-electron chi connectivity index (χ3n) is 2.38. The van der Waals surface area contributed by atoms with Gasteiger partial charge >= 0.3 is 0 Å². The summed E-state index contributed by atoms with van der Waals surface area (Å²) >= 11 is 18.8. The predicted molar refractivity (Wildman–Crippen MR) is 78.2 cm³/mol. The van der Waals surface area contributed by atoms with Crippen molar-refractivity contribution in [2.45, 2.75) is 11.2 Å². The molecule has 0 amide bonds. The van der Waals surface area contributed by atoms with Gasteiger partial charge in [0.05, 0.1) is 16.3 Å². The molecule has 17 heavy (non-hydrogen) atoms. The van der Waals surface area contributed by atoms with E-state index >= 15 is 0 Å². The Hall–Kier alpha value is 0.0400. The molecule has 0 saturated heterocycles. The molecule has 1 aromatic carbocycles. The number of hydrogen-bond acceptors (Lipinski definition) is 1. The Bertz CT molecular complexity index is 525. The van der Waals surface area contributed by atoms with Gasteiger partial charge in [-0.2, -0.15) is 0 Å². The monoisotopic (exact) mass is 396 g/mol. The van der Waals surface area contributed by atoms with E-state index in [4.69, 9.17) is 27.6 Å². The predicted octanol–water partition coefficient (Wildman–Crippen LogP) is 6.03. The van der Waals surface area contributed by atoms with Crippen LogP contribution in [0.3, 0.4) is 0 Å². The van der Waals surface area contributed by atoms with Gasteiger partial charge in [0.15, 0.2) is 4.67 Å². The number of benzene rings is 1. The first-order valence-corrected chi connectivity index (χ1v) is 7.35. The minimum Gasteiger partial charge on any atom is -0.457 e. The number of halogens is 4. The van der Waals surface area contributed by atoms with Crippen LogP contribution in [0.15, 0.2) is 39.6 Å². The van der Waals surface area contributed by atoms with E-state index < -0.39 is 0 Å². The van der Waals surface area contributed by atoms with Crippen molar-refractivity contribution in [3.8, 4) is 0 Å². The van der Waals surface area contributed by atoms with Crippen LogP contribution in [-0.4, -0.2) is 0 Å². The first kappa shape index (κ1) is 13.5. The molecule has 1 aromatic heterocycles. The van der Waals surface area contributed by atoms with Crippen LogP contribution in [0.25, 0.3) is 0 Å². The topological polar surface area (TPSA) is 13.1 Å². The molecule has 0 spiro atoms. The normalized spacial score (nSPS) is 12.7. The van der Waals surface area contributed by atoms with Crippen LogP contribution in [0.2, 0.25) is 10.0 Å². The third-order valence-corrected chi connectivity index (χ3v) is 4.58. The van der Waals surface area contributed by atoms with Gasteiger partial charge in [0.2, 0.25) is 0 Å². The van der Waals surface area contributed by atoms with E-state index in [9.17, 15) is 0 Å². The highest BCUT2D eigenvalue weighted by Gasteiger charge is 2.14. The van der Waals surface area contributed by atoms with Gasteiger partial charge in [-0.25, -0.2) is 0 Å². The standard InChI is InChI=1S/C12H8Br2Cl2O/c13-9(8-3-4-17-12(8)14)5-7-1-2-10(15)11(16)6-7/h1-4,6,9H,5H2. The van der Waals surface area contributed by atoms with Crippen LogP contribution in [0.5, 0.6) is 0 Å². The lowest BCUT2D eigenvalue weighted by Crippen LogP contribution is -1.94. The van der Waals surface area contributed by atoms with E-state index in [1.54, 1.807) is 6.26 Å². The van der Waals surface area contributed by atoms with Gasteiger partial charge in [0.1, 0.15) is 0 Å². The fourth-order valence-electron chi connectivity index (χ4n) is 1.51. The van der Waals surface area contributed by atoms with Crippen molar-refractivity contribution >= 4 is 55.1 Å². The summed E-state index contributed by atoms with van der Waals surface area (Å²) in [5.74, 6) is 0. The van der Waals surface area contributed by atoms with Crippen molar-refractivity contribution in [3.05, 3.63) is 56.4 Å². The zero-order chi connectivity index (χ0) is 12.4. The highest BCUT2D eigenvalue weighted by atomic mass is 79.9. The van der Waals surface area contributed by atoms with Gasteiger partial charge in [-0.15, -0.1) is 0 Å². The van der Waals surface area contributed by atoms with Gasteiger partial charge < -0.3 is 4.42 Å². The number of alkyl halides is 1. The summed E-state index contributed by atoms with van der Waals surface area (Å²) in [4.78, 5) is 0.174. The lowest BCUT2D eigenvalue weighted by atomic mass is 10.1. The van der Waals surface area contributed by atoms with Gasteiger partial charge in [-0.1, -0.05) is 45.2 Å². The molecule has 90 valence electrons. The van der Waals surface area contributed by atoms with Crippen LogP contribution in [0, 0.1) is 0 Å². The van der Waals surface area contributed by atoms with E-state index in [0.717, 1.165) is 22.2 Å². The van der Waals surface area contributed by atoms with Gasteiger partial charge in [-0.05, 0) is 46.1 Å². The molecule has 0 N–H and O–H groups in total. The number of hydrogen-bond donors (Lipinski definition) is 0. The van der Waals surface area contributed by atoms with Crippen LogP contribution in [0.1, 0.15) is 16.0 Å². The summed E-state index contributed by atoms with van der Waals surface area (Å²) in [6, 6.07) is 7.59. The maximum Gasteiger partial charge on any atom is 0.173 e. The second-order valence-corrected chi connectivity index (χ2v) is 6.21. The molecular weight excluding hydrogens is 391 g/mol. The molecule has 1 atom stereocenters. The summed E-state index contributed by atoms with van der Waals surface area (Å²) < 4.78 is 5.96. The van der Waals surface area contributed by atoms with Crippen LogP contribution < -0.4 is 0 Å². The maximum atomic E-state index is 5.98. The second-order valence-electron chi connectivity index (χ2n) is 3.57. The maximum absolute atomic E-state index is 5.98. The molecule has 0 saturated carbocycles. The number of furan rings is 1. The quantitative estimate of drug-likeness (QED) is 0.575. The van der Waals surface area contributed by atoms with E-state index in [1.165, 1.54) is 0 Å². The smallest absolute Gasteiger partial charge is 0.173 e. The van der Waals surface area contributed by atoms with E-state index in [-0.39, 0.29) is 4.83 Å². The zero-order valence-electron chi connectivity index (χ0n) is 8.59. The first-order valence-electron chi connectivity index (χ1n) is 4.89. The molecule has 0 aliphatic heterocycles. The minimum absolute atomic E-state index is 0.174. The Morgan fingerprint density at radius 1 is 1.18 bits per heavy atom. The largest absolute Gasteiger partial charge is 0.457 e. The van der Waals surface area contributed by atoms with Crippen molar-refractivity contribution in [1.82, 2.24) is 0 Å². The summed E-state index contributed by atoms with van der Waals surface area (Å²) in [6.45, 7) is 0. The summed E-state index contributed by atoms with van der Waals surface area (Å²) in [6.07, 6.45) is 2.47. The Labute approximate surface area is 126 Å². The molecule has 0 aliphatic carbocycles. The lowest BCUT2D eigenvalue weighted by molar-refractivity contribution is 0.536. The van der Waals surface area contributed by atoms with Crippen LogP contribution in [0.4, 0.5) is 0 Å². The molecule has 1 heterocycles. The lowest BCUT2D eigenvalue weighted by Gasteiger charge is -2.09. The fraction of sp³-hybridized carbons (Fsp3) is 0.167. The molecule has 0 fully saturated rings. The number of rotatable bonds is 3. The van der Waals surface area contributed by atoms with E-state index in [2.05, 4.69) is 31.9 Å². The Kier molecular flexibility index (Phi) is 4.59. The molecule has 2 aromatic rings. The zero-order valence-corrected chi connectivity index (χ0v) is 13.3. The molecule has 1 nitrogen and oxygen atoms in total. The summed E-state index contributed by atoms with van der Waals surface area (Å²) in [5, 5.41) is 1.15. The van der Waals surface area contributed by atoms with Crippen molar-refractivity contribution in [1.29, 1.82) is 0 Å². The molecule has 0 radical (unpaired) electrons. The average molecular weight is 399 g/mol. The molecular formula is C12H8Br2Cl2O. The van der Waals surface area contributed by atoms with E-state index in [0.29, 0.717) is 10.0 Å². The Balaban J connectivity index is 2.16. The van der Waals surface area contributed by atoms with Crippen molar-refractivity contribution in [2.75, 3.05) is 0 Å². The summed E-state index contributed by atoms with van der Waals surface area (Å²) in [5.41, 5.74) is 2.20. The third kappa shape index (κ3) is 3.28. The van der Waals surface area contributed by atoms with Gasteiger partial charge in [0, 0.05) is 10.4 Å². The average Bonchev–Trinajstić information content (AvgIpc) is 2.70. The highest BCUT2D eigenvalue weighted by Crippen LogP contribution is 2.34. The Morgan fingerprint density at radius 3 is 2.53 bits per heavy atom. The Morgan fingerprint density at radius 2 is 1.94 bits per heavy atom. The van der Waals surface area contributed by atoms with Crippen molar-refractivity contribution < 1.29 is 4.42 Å². The molecule has 0 bridgehead atoms. The highest BCUT2D eigenvalue weighted by molar-refractivity contribution is 9.10. The molecule has 1 unspecified atom stereocenters. The summed E-state index contributed by atoms with van der Waals surface area (Å²) in [7, 11) is 0. The van der Waals surface area contributed by atoms with Gasteiger partial charge in [-0.3, -0.25) is 0 Å². The first-order chi connectivity index (χ1) is 8.08. The fourth-order valence-corrected chi connectivity index (χ4v) is 3.39. The SMILES string of the molecule is Clc1ccc(CC(Br)c2ccoc2Br)cc1Cl.